The van der Waals surface area contributed by atoms with E-state index in [0.717, 1.165) is 18.9 Å². The van der Waals surface area contributed by atoms with Gasteiger partial charge in [0.05, 0.1) is 20.4 Å². The third-order valence-electron chi connectivity index (χ3n) is 2.91. The van der Waals surface area contributed by atoms with Crippen molar-refractivity contribution in [2.24, 2.45) is 0 Å². The molecule has 1 aliphatic heterocycles. The second kappa shape index (κ2) is 3.85. The van der Waals surface area contributed by atoms with Gasteiger partial charge in [0.25, 0.3) is 5.88 Å². The maximum Gasteiger partial charge on any atom is 0.263 e. The number of ether oxygens (including phenoxy) is 2. The summed E-state index contributed by atoms with van der Waals surface area (Å²) in [5, 5.41) is 11.5. The van der Waals surface area contributed by atoms with Gasteiger partial charge in [-0.3, -0.25) is 4.40 Å². The van der Waals surface area contributed by atoms with Crippen LogP contribution in [0.25, 0.3) is 5.65 Å². The minimum Gasteiger partial charge on any atom is -0.480 e. The minimum absolute atomic E-state index is 0.391. The summed E-state index contributed by atoms with van der Waals surface area (Å²) in [4.78, 5) is 4.17. The zero-order chi connectivity index (χ0) is 11.8. The quantitative estimate of drug-likeness (QED) is 0.796. The second-order valence-corrected chi connectivity index (χ2v) is 3.90. The number of hydrogen-bond acceptors (Lipinski definition) is 6. The van der Waals surface area contributed by atoms with Crippen LogP contribution in [0.1, 0.15) is 11.7 Å². The third kappa shape index (κ3) is 1.50. The van der Waals surface area contributed by atoms with Crippen molar-refractivity contribution in [3.63, 3.8) is 0 Å². The number of nitrogens with one attached hydrogen (secondary N) is 1. The zero-order valence-corrected chi connectivity index (χ0v) is 9.67. The normalized spacial score (nSPS) is 15.9. The number of hydrogen-bond donors (Lipinski definition) is 1. The van der Waals surface area contributed by atoms with Crippen LogP contribution in [0, 0.1) is 0 Å². The van der Waals surface area contributed by atoms with E-state index >= 15 is 0 Å². The lowest BCUT2D eigenvalue weighted by Gasteiger charge is -2.25. The molecule has 0 bridgehead atoms. The summed E-state index contributed by atoms with van der Waals surface area (Å²) in [6, 6.07) is 0. The van der Waals surface area contributed by atoms with E-state index < -0.39 is 0 Å². The van der Waals surface area contributed by atoms with Gasteiger partial charge in [-0.05, 0) is 0 Å². The fourth-order valence-electron chi connectivity index (χ4n) is 1.85. The van der Waals surface area contributed by atoms with Crippen LogP contribution in [0.5, 0.6) is 11.8 Å². The van der Waals surface area contributed by atoms with E-state index in [-0.39, 0.29) is 0 Å². The molecular formula is C10H13N5O2. The molecule has 7 nitrogen and oxygen atoms in total. The molecule has 2 aromatic rings. The van der Waals surface area contributed by atoms with Crippen molar-refractivity contribution < 1.29 is 9.47 Å². The molecule has 1 fully saturated rings. The first-order valence-corrected chi connectivity index (χ1v) is 5.38. The average molecular weight is 235 g/mol. The van der Waals surface area contributed by atoms with Gasteiger partial charge in [0.2, 0.25) is 11.5 Å². The first-order valence-electron chi connectivity index (χ1n) is 5.38. The molecule has 0 aromatic carbocycles. The van der Waals surface area contributed by atoms with Crippen molar-refractivity contribution in [2.45, 2.75) is 5.92 Å². The molecule has 90 valence electrons. The monoisotopic (exact) mass is 235 g/mol. The molecule has 1 saturated heterocycles. The lowest BCUT2D eigenvalue weighted by Crippen LogP contribution is -2.40. The molecule has 0 unspecified atom stereocenters. The fourth-order valence-corrected chi connectivity index (χ4v) is 1.85. The predicted molar refractivity (Wildman–Crippen MR) is 59.5 cm³/mol. The van der Waals surface area contributed by atoms with E-state index in [1.54, 1.807) is 20.4 Å². The fraction of sp³-hybridized carbons (Fsp3) is 0.500. The van der Waals surface area contributed by atoms with E-state index in [1.165, 1.54) is 0 Å². The van der Waals surface area contributed by atoms with Crippen LogP contribution < -0.4 is 14.8 Å². The molecule has 0 atom stereocenters. The van der Waals surface area contributed by atoms with Crippen molar-refractivity contribution >= 4 is 5.65 Å². The highest BCUT2D eigenvalue weighted by atomic mass is 16.5. The van der Waals surface area contributed by atoms with Crippen LogP contribution in [-0.2, 0) is 0 Å². The lowest BCUT2D eigenvalue weighted by atomic mass is 10.0. The summed E-state index contributed by atoms with van der Waals surface area (Å²) in [5.74, 6) is 2.22. The van der Waals surface area contributed by atoms with Crippen molar-refractivity contribution in [1.29, 1.82) is 0 Å². The number of rotatable bonds is 3. The maximum absolute atomic E-state index is 5.18. The number of nitrogens with zero attached hydrogens (tertiary/aromatic N) is 4. The topological polar surface area (TPSA) is 73.6 Å². The van der Waals surface area contributed by atoms with Gasteiger partial charge in [0.15, 0.2) is 0 Å². The van der Waals surface area contributed by atoms with Gasteiger partial charge in [0.1, 0.15) is 5.82 Å². The Labute approximate surface area is 97.8 Å². The molecule has 17 heavy (non-hydrogen) atoms. The molecule has 3 rings (SSSR count). The van der Waals surface area contributed by atoms with E-state index in [1.807, 2.05) is 4.40 Å². The van der Waals surface area contributed by atoms with Crippen LogP contribution in [0.3, 0.4) is 0 Å². The van der Waals surface area contributed by atoms with Crippen molar-refractivity contribution in [2.75, 3.05) is 27.3 Å². The van der Waals surface area contributed by atoms with Crippen molar-refractivity contribution in [3.8, 4) is 11.8 Å². The summed E-state index contributed by atoms with van der Waals surface area (Å²) < 4.78 is 12.2. The zero-order valence-electron chi connectivity index (χ0n) is 9.67. The summed E-state index contributed by atoms with van der Waals surface area (Å²) in [6.45, 7) is 1.85. The van der Waals surface area contributed by atoms with Crippen LogP contribution in [-0.4, -0.2) is 46.9 Å². The Morgan fingerprint density at radius 3 is 2.71 bits per heavy atom. The van der Waals surface area contributed by atoms with Crippen molar-refractivity contribution in [1.82, 2.24) is 24.9 Å². The highest BCUT2D eigenvalue weighted by molar-refractivity contribution is 5.50. The SMILES string of the molecule is COc1cn2c(C3CNC3)nnc2c(OC)n1. The second-order valence-electron chi connectivity index (χ2n) is 3.90. The van der Waals surface area contributed by atoms with Crippen LogP contribution in [0.4, 0.5) is 0 Å². The van der Waals surface area contributed by atoms with E-state index in [0.29, 0.717) is 23.3 Å². The summed E-state index contributed by atoms with van der Waals surface area (Å²) in [6.07, 6.45) is 1.78. The van der Waals surface area contributed by atoms with Gasteiger partial charge in [-0.25, -0.2) is 0 Å². The van der Waals surface area contributed by atoms with Gasteiger partial charge >= 0.3 is 0 Å². The maximum atomic E-state index is 5.18. The molecule has 3 heterocycles. The summed E-state index contributed by atoms with van der Waals surface area (Å²) in [5.41, 5.74) is 0.621. The minimum atomic E-state index is 0.391. The molecule has 0 saturated carbocycles. The lowest BCUT2D eigenvalue weighted by molar-refractivity contribution is 0.362. The van der Waals surface area contributed by atoms with Crippen LogP contribution in [0.2, 0.25) is 0 Å². The van der Waals surface area contributed by atoms with E-state index in [9.17, 15) is 0 Å². The first kappa shape index (κ1) is 10.3. The Morgan fingerprint density at radius 2 is 2.12 bits per heavy atom. The molecule has 1 aliphatic rings. The Kier molecular flexibility index (Phi) is 2.32. The Morgan fingerprint density at radius 1 is 1.29 bits per heavy atom. The number of fused-ring (bicyclic) bond motifs is 1. The van der Waals surface area contributed by atoms with Crippen LogP contribution in [0.15, 0.2) is 6.20 Å². The van der Waals surface area contributed by atoms with Gasteiger partial charge in [-0.15, -0.1) is 10.2 Å². The summed E-state index contributed by atoms with van der Waals surface area (Å²) in [7, 11) is 3.13. The summed E-state index contributed by atoms with van der Waals surface area (Å²) >= 11 is 0. The Hall–Kier alpha value is -1.89. The molecule has 0 spiro atoms. The molecule has 0 aliphatic carbocycles. The number of aromatic nitrogens is 4. The molecule has 1 N–H and O–H groups in total. The molecule has 7 heteroatoms. The Bertz CT molecular complexity index is 549. The molecular weight excluding hydrogens is 222 g/mol. The standard InChI is InChI=1S/C10H13N5O2/c1-16-7-5-15-8(6-3-11-4-6)13-14-9(15)10(12-7)17-2/h5-6,11H,3-4H2,1-2H3. The van der Waals surface area contributed by atoms with Gasteiger partial charge in [0, 0.05) is 19.0 Å². The highest BCUT2D eigenvalue weighted by Crippen LogP contribution is 2.24. The molecule has 0 radical (unpaired) electrons. The van der Waals surface area contributed by atoms with Gasteiger partial charge in [-0.1, -0.05) is 0 Å². The van der Waals surface area contributed by atoms with E-state index in [2.05, 4.69) is 20.5 Å². The molecule has 0 amide bonds. The predicted octanol–water partition coefficient (Wildman–Crippen LogP) is -0.172. The number of methoxy groups -OCH3 is 2. The highest BCUT2D eigenvalue weighted by Gasteiger charge is 2.25. The van der Waals surface area contributed by atoms with Crippen LogP contribution >= 0.6 is 0 Å². The van der Waals surface area contributed by atoms with E-state index in [4.69, 9.17) is 9.47 Å². The average Bonchev–Trinajstić information content (AvgIpc) is 2.69. The third-order valence-corrected chi connectivity index (χ3v) is 2.91. The van der Waals surface area contributed by atoms with Gasteiger partial charge in [-0.2, -0.15) is 4.98 Å². The molecule has 2 aromatic heterocycles. The van der Waals surface area contributed by atoms with Crippen molar-refractivity contribution in [3.05, 3.63) is 12.0 Å². The van der Waals surface area contributed by atoms with Gasteiger partial charge < -0.3 is 14.8 Å². The Balaban J connectivity index is 2.18. The smallest absolute Gasteiger partial charge is 0.263 e. The largest absolute Gasteiger partial charge is 0.480 e. The first-order chi connectivity index (χ1) is 8.33.